The molecule has 3 aromatic rings. The molecule has 1 aromatic carbocycles. The summed E-state index contributed by atoms with van der Waals surface area (Å²) in [6.07, 6.45) is 2.86. The fraction of sp³-hybridized carbons (Fsp3) is 0.480. The Hall–Kier alpha value is -3.88. The van der Waals surface area contributed by atoms with Crippen molar-refractivity contribution in [3.05, 3.63) is 53.9 Å². The van der Waals surface area contributed by atoms with E-state index in [1.54, 1.807) is 26.4 Å². The number of hydrogen-bond donors (Lipinski definition) is 3. The molecule has 3 heterocycles. The van der Waals surface area contributed by atoms with Gasteiger partial charge in [0.1, 0.15) is 5.82 Å². The number of carbonyl (C=O) groups is 1. The van der Waals surface area contributed by atoms with Crippen molar-refractivity contribution in [2.24, 2.45) is 0 Å². The minimum absolute atomic E-state index is 0.130. The zero-order valence-corrected chi connectivity index (χ0v) is 22.1. The van der Waals surface area contributed by atoms with Crippen LogP contribution in [0.3, 0.4) is 0 Å². The third kappa shape index (κ3) is 7.81. The number of aliphatic carboxylic acids is 1. The van der Waals surface area contributed by atoms with Gasteiger partial charge in [0.25, 0.3) is 0 Å². The summed E-state index contributed by atoms with van der Waals surface area (Å²) < 4.78 is 23.8. The maximum Gasteiger partial charge on any atom is 0.332 e. The zero-order valence-electron chi connectivity index (χ0n) is 22.1. The van der Waals surface area contributed by atoms with Gasteiger partial charge in [0.2, 0.25) is 17.8 Å². The summed E-state index contributed by atoms with van der Waals surface area (Å²) in [5, 5.41) is 12.8. The van der Waals surface area contributed by atoms with Crippen molar-refractivity contribution in [2.75, 3.05) is 81.8 Å². The average Bonchev–Trinajstić information content (AvgIpc) is 3.48. The molecule has 4 rings (SSSR count). The summed E-state index contributed by atoms with van der Waals surface area (Å²) in [5.74, 6) is -0.392. The van der Waals surface area contributed by atoms with Gasteiger partial charge >= 0.3 is 5.97 Å². The van der Waals surface area contributed by atoms with Crippen LogP contribution in [0.5, 0.6) is 0 Å². The first kappa shape index (κ1) is 28.1. The van der Waals surface area contributed by atoms with E-state index in [1.807, 2.05) is 9.80 Å². The van der Waals surface area contributed by atoms with Crippen LogP contribution in [0.25, 0.3) is 0 Å². The highest BCUT2D eigenvalue weighted by Crippen LogP contribution is 2.22. The predicted octanol–water partition coefficient (Wildman–Crippen LogP) is 1.39. The van der Waals surface area contributed by atoms with E-state index < -0.39 is 12.0 Å². The Bertz CT molecular complexity index is 1170. The molecule has 39 heavy (non-hydrogen) atoms. The number of piperazine rings is 1. The molecule has 0 bridgehead atoms. The average molecular weight is 544 g/mol. The normalized spacial score (nSPS) is 14.8. The van der Waals surface area contributed by atoms with Crippen LogP contribution in [0.15, 0.2) is 36.8 Å². The number of halogens is 1. The Balaban J connectivity index is 1.56. The SMILES string of the molecule is COCCN(CCOC)c1nc(NC(C(=O)O)c2cnc[nH]2)nc(N2CCN(Cc3ccc(F)cc3)CC2)n1. The smallest absolute Gasteiger partial charge is 0.332 e. The molecule has 1 saturated heterocycles. The number of carboxylic acid groups (broad SMARTS) is 1. The van der Waals surface area contributed by atoms with Crippen molar-refractivity contribution in [2.45, 2.75) is 12.6 Å². The standard InChI is InChI=1S/C25H34FN9O4/c1-38-13-11-35(12-14-39-2)25-31-23(29-21(22(36)37)20-15-27-17-28-20)30-24(32-25)34-9-7-33(8-10-34)16-18-3-5-19(26)6-4-18/h3-6,15,17,21H,7-14,16H2,1-2H3,(H,27,28)(H,36,37)(H,29,30,31,32). The molecule has 1 aliphatic heterocycles. The maximum atomic E-state index is 13.3. The van der Waals surface area contributed by atoms with E-state index in [1.165, 1.54) is 24.7 Å². The first-order chi connectivity index (χ1) is 19.0. The van der Waals surface area contributed by atoms with E-state index >= 15 is 0 Å². The van der Waals surface area contributed by atoms with Crippen LogP contribution >= 0.6 is 0 Å². The van der Waals surface area contributed by atoms with Crippen molar-refractivity contribution in [3.8, 4) is 0 Å². The molecule has 0 aliphatic carbocycles. The third-order valence-electron chi connectivity index (χ3n) is 6.35. The molecular weight excluding hydrogens is 509 g/mol. The van der Waals surface area contributed by atoms with E-state index in [0.29, 0.717) is 57.0 Å². The van der Waals surface area contributed by atoms with E-state index in [2.05, 4.69) is 30.2 Å². The van der Waals surface area contributed by atoms with Crippen LogP contribution in [0.2, 0.25) is 0 Å². The van der Waals surface area contributed by atoms with Crippen LogP contribution in [0.1, 0.15) is 17.3 Å². The number of aromatic nitrogens is 5. The van der Waals surface area contributed by atoms with Gasteiger partial charge in [-0.1, -0.05) is 12.1 Å². The largest absolute Gasteiger partial charge is 0.479 e. The number of methoxy groups -OCH3 is 2. The van der Waals surface area contributed by atoms with Gasteiger partial charge in [-0.2, -0.15) is 15.0 Å². The van der Waals surface area contributed by atoms with Gasteiger partial charge in [-0.3, -0.25) is 4.90 Å². The van der Waals surface area contributed by atoms with Crippen LogP contribution in [-0.2, 0) is 20.8 Å². The second-order valence-corrected chi connectivity index (χ2v) is 9.04. The number of nitrogens with zero attached hydrogens (tertiary/aromatic N) is 7. The molecule has 0 radical (unpaired) electrons. The summed E-state index contributed by atoms with van der Waals surface area (Å²) in [6, 6.07) is 5.41. The van der Waals surface area contributed by atoms with E-state index in [4.69, 9.17) is 14.5 Å². The number of aromatic amines is 1. The fourth-order valence-corrected chi connectivity index (χ4v) is 4.20. The highest BCUT2D eigenvalue weighted by atomic mass is 19.1. The number of nitrogens with one attached hydrogen (secondary N) is 2. The zero-order chi connectivity index (χ0) is 27.6. The summed E-state index contributed by atoms with van der Waals surface area (Å²) in [7, 11) is 3.24. The lowest BCUT2D eigenvalue weighted by Gasteiger charge is -2.35. The van der Waals surface area contributed by atoms with Gasteiger partial charge in [-0.25, -0.2) is 14.2 Å². The number of ether oxygens (including phenoxy) is 2. The third-order valence-corrected chi connectivity index (χ3v) is 6.35. The van der Waals surface area contributed by atoms with Crippen LogP contribution in [-0.4, -0.2) is 108 Å². The second-order valence-electron chi connectivity index (χ2n) is 9.04. The highest BCUT2D eigenvalue weighted by Gasteiger charge is 2.26. The molecule has 0 amide bonds. The van der Waals surface area contributed by atoms with Crippen molar-refractivity contribution >= 4 is 23.8 Å². The van der Waals surface area contributed by atoms with E-state index in [-0.39, 0.29) is 11.8 Å². The molecule has 1 fully saturated rings. The van der Waals surface area contributed by atoms with Crippen LogP contribution < -0.4 is 15.1 Å². The minimum Gasteiger partial charge on any atom is -0.479 e. The molecule has 3 N–H and O–H groups in total. The van der Waals surface area contributed by atoms with Crippen molar-refractivity contribution in [1.29, 1.82) is 0 Å². The molecular formula is C25H34FN9O4. The van der Waals surface area contributed by atoms with Gasteiger partial charge in [-0.15, -0.1) is 0 Å². The monoisotopic (exact) mass is 543 g/mol. The minimum atomic E-state index is -1.13. The first-order valence-corrected chi connectivity index (χ1v) is 12.6. The van der Waals surface area contributed by atoms with Crippen molar-refractivity contribution in [3.63, 3.8) is 0 Å². The molecule has 13 nitrogen and oxygen atoms in total. The number of anilines is 3. The lowest BCUT2D eigenvalue weighted by atomic mass is 10.2. The molecule has 1 aliphatic rings. The second kappa shape index (κ2) is 13.8. The Kier molecular flexibility index (Phi) is 9.94. The predicted molar refractivity (Wildman–Crippen MR) is 142 cm³/mol. The first-order valence-electron chi connectivity index (χ1n) is 12.6. The molecule has 0 spiro atoms. The van der Waals surface area contributed by atoms with Crippen molar-refractivity contribution in [1.82, 2.24) is 29.8 Å². The van der Waals surface area contributed by atoms with E-state index in [9.17, 15) is 14.3 Å². The van der Waals surface area contributed by atoms with Gasteiger partial charge in [-0.05, 0) is 17.7 Å². The Morgan fingerprint density at radius 2 is 1.79 bits per heavy atom. The number of rotatable bonds is 14. The molecule has 0 saturated carbocycles. The lowest BCUT2D eigenvalue weighted by Crippen LogP contribution is -2.46. The topological polar surface area (TPSA) is 145 Å². The van der Waals surface area contributed by atoms with Gasteiger partial charge in [0.15, 0.2) is 6.04 Å². The maximum absolute atomic E-state index is 13.3. The van der Waals surface area contributed by atoms with Crippen molar-refractivity contribution < 1.29 is 23.8 Å². The van der Waals surface area contributed by atoms with Crippen LogP contribution in [0, 0.1) is 5.82 Å². The molecule has 14 heteroatoms. The number of hydrogen-bond acceptors (Lipinski definition) is 11. The summed E-state index contributed by atoms with van der Waals surface area (Å²) in [5.41, 5.74) is 1.42. The summed E-state index contributed by atoms with van der Waals surface area (Å²) in [4.78, 5) is 39.0. The van der Waals surface area contributed by atoms with Gasteiger partial charge in [0, 0.05) is 60.0 Å². The Morgan fingerprint density at radius 1 is 1.10 bits per heavy atom. The van der Waals surface area contributed by atoms with Crippen LogP contribution in [0.4, 0.5) is 22.2 Å². The molecule has 210 valence electrons. The Morgan fingerprint density at radius 3 is 2.38 bits per heavy atom. The molecule has 1 unspecified atom stereocenters. The molecule has 1 atom stereocenters. The molecule has 2 aromatic heterocycles. The number of H-pyrrole nitrogens is 1. The van der Waals surface area contributed by atoms with E-state index in [0.717, 1.165) is 25.2 Å². The summed E-state index contributed by atoms with van der Waals surface area (Å²) in [6.45, 7) is 5.45. The number of imidazole rings is 1. The van der Waals surface area contributed by atoms with Gasteiger partial charge in [0.05, 0.1) is 31.4 Å². The highest BCUT2D eigenvalue weighted by molar-refractivity contribution is 5.78. The quantitative estimate of drug-likeness (QED) is 0.270. The summed E-state index contributed by atoms with van der Waals surface area (Å²) >= 11 is 0. The number of benzene rings is 1. The fourth-order valence-electron chi connectivity index (χ4n) is 4.20. The Labute approximate surface area is 226 Å². The lowest BCUT2D eigenvalue weighted by molar-refractivity contribution is -0.138. The number of carboxylic acids is 1. The van der Waals surface area contributed by atoms with Gasteiger partial charge < -0.3 is 34.7 Å².